The van der Waals surface area contributed by atoms with Crippen LogP contribution in [0.1, 0.15) is 27.5 Å². The first-order valence-electron chi connectivity index (χ1n) is 8.88. The molecule has 1 N–H and O–H groups in total. The summed E-state index contributed by atoms with van der Waals surface area (Å²) in [5, 5.41) is 7.04. The third-order valence-electron chi connectivity index (χ3n) is 4.43. The predicted molar refractivity (Wildman–Crippen MR) is 111 cm³/mol. The third-order valence-corrected chi connectivity index (χ3v) is 4.92. The van der Waals surface area contributed by atoms with E-state index in [1.807, 2.05) is 30.3 Å². The summed E-state index contributed by atoms with van der Waals surface area (Å²) in [5.74, 6) is -0.147. The number of nitrogens with zero attached hydrogens (tertiary/aromatic N) is 3. The second kappa shape index (κ2) is 8.36. The van der Waals surface area contributed by atoms with Crippen LogP contribution in [0.25, 0.3) is 5.82 Å². The van der Waals surface area contributed by atoms with E-state index in [9.17, 15) is 9.18 Å². The lowest BCUT2D eigenvalue weighted by Gasteiger charge is -2.20. The fourth-order valence-corrected chi connectivity index (χ4v) is 3.33. The molecule has 0 saturated heterocycles. The number of halogens is 2. The van der Waals surface area contributed by atoms with E-state index in [-0.39, 0.29) is 5.91 Å². The van der Waals surface area contributed by atoms with Crippen molar-refractivity contribution in [1.82, 2.24) is 20.1 Å². The molecule has 0 bridgehead atoms. The van der Waals surface area contributed by atoms with Gasteiger partial charge < -0.3 is 5.32 Å². The van der Waals surface area contributed by atoms with E-state index in [0.29, 0.717) is 21.4 Å². The smallest absolute Gasteiger partial charge is 0.253 e. The Morgan fingerprint density at radius 3 is 2.55 bits per heavy atom. The molecular weight excluding hydrogens is 435 g/mol. The molecule has 0 spiro atoms. The second-order valence-corrected chi connectivity index (χ2v) is 7.25. The van der Waals surface area contributed by atoms with E-state index in [2.05, 4.69) is 31.3 Å². The average molecular weight is 451 g/mol. The summed E-state index contributed by atoms with van der Waals surface area (Å²) in [6, 6.07) is 18.6. The van der Waals surface area contributed by atoms with Crippen molar-refractivity contribution < 1.29 is 9.18 Å². The van der Waals surface area contributed by atoms with E-state index < -0.39 is 11.9 Å². The first-order valence-corrected chi connectivity index (χ1v) is 9.68. The van der Waals surface area contributed by atoms with Crippen molar-refractivity contribution in [3.63, 3.8) is 0 Å². The largest absolute Gasteiger partial charge is 0.341 e. The average Bonchev–Trinajstić information content (AvgIpc) is 3.28. The zero-order chi connectivity index (χ0) is 20.2. The molecule has 1 atom stereocenters. The summed E-state index contributed by atoms with van der Waals surface area (Å²) in [5.41, 5.74) is 1.54. The molecule has 2 heterocycles. The number of aromatic nitrogens is 3. The van der Waals surface area contributed by atoms with E-state index in [0.717, 1.165) is 5.56 Å². The molecular formula is C22H16BrFN4O. The number of pyridine rings is 1. The number of carbonyl (C=O) groups is 1. The molecule has 0 saturated carbocycles. The summed E-state index contributed by atoms with van der Waals surface area (Å²) in [6.07, 6.45) is 4.90. The molecule has 29 heavy (non-hydrogen) atoms. The standard InChI is InChI=1S/C22H16BrFN4O/c23-17-8-9-18(19(24)13-17)21(15-5-2-1-3-6-15)27-22(29)16-7-10-20(25-14-16)28-12-4-11-26-28/h1-14,21H,(H,27,29). The predicted octanol–water partition coefficient (Wildman–Crippen LogP) is 4.69. The van der Waals surface area contributed by atoms with Crippen LogP contribution in [0.4, 0.5) is 4.39 Å². The molecule has 0 aliphatic carbocycles. The Bertz CT molecular complexity index is 1120. The summed E-state index contributed by atoms with van der Waals surface area (Å²) in [7, 11) is 0. The summed E-state index contributed by atoms with van der Waals surface area (Å²) in [4.78, 5) is 17.2. The van der Waals surface area contributed by atoms with Crippen LogP contribution in [-0.4, -0.2) is 20.7 Å². The van der Waals surface area contributed by atoms with Crippen LogP contribution in [0.2, 0.25) is 0 Å². The molecule has 144 valence electrons. The zero-order valence-electron chi connectivity index (χ0n) is 15.2. The molecule has 2 aromatic carbocycles. The number of hydrogen-bond acceptors (Lipinski definition) is 3. The van der Waals surface area contributed by atoms with Crippen LogP contribution in [0.3, 0.4) is 0 Å². The van der Waals surface area contributed by atoms with Crippen molar-refractivity contribution in [2.75, 3.05) is 0 Å². The van der Waals surface area contributed by atoms with Crippen LogP contribution in [0.5, 0.6) is 0 Å². The molecule has 0 radical (unpaired) electrons. The number of hydrogen-bond donors (Lipinski definition) is 1. The van der Waals surface area contributed by atoms with Crippen LogP contribution in [0, 0.1) is 5.82 Å². The maximum atomic E-state index is 14.6. The Morgan fingerprint density at radius 1 is 1.07 bits per heavy atom. The van der Waals surface area contributed by atoms with Gasteiger partial charge in [-0.05, 0) is 35.9 Å². The maximum Gasteiger partial charge on any atom is 0.253 e. The van der Waals surface area contributed by atoms with Crippen LogP contribution >= 0.6 is 15.9 Å². The van der Waals surface area contributed by atoms with Gasteiger partial charge in [-0.3, -0.25) is 4.79 Å². The molecule has 0 aliphatic heterocycles. The normalized spacial score (nSPS) is 11.8. The molecule has 0 fully saturated rings. The number of carbonyl (C=O) groups excluding carboxylic acids is 1. The van der Waals surface area contributed by atoms with Crippen molar-refractivity contribution in [3.8, 4) is 5.82 Å². The Hall–Kier alpha value is -3.32. The highest BCUT2D eigenvalue weighted by Gasteiger charge is 2.21. The van der Waals surface area contributed by atoms with Crippen molar-refractivity contribution >= 4 is 21.8 Å². The Kier molecular flexibility index (Phi) is 5.48. The molecule has 1 unspecified atom stereocenters. The van der Waals surface area contributed by atoms with E-state index in [1.54, 1.807) is 47.4 Å². The van der Waals surface area contributed by atoms with Crippen molar-refractivity contribution in [1.29, 1.82) is 0 Å². The molecule has 7 heteroatoms. The molecule has 5 nitrogen and oxygen atoms in total. The molecule has 1 amide bonds. The molecule has 4 rings (SSSR count). The quantitative estimate of drug-likeness (QED) is 0.479. The topological polar surface area (TPSA) is 59.8 Å². The number of rotatable bonds is 5. The minimum atomic E-state index is -0.636. The third kappa shape index (κ3) is 4.25. The van der Waals surface area contributed by atoms with Crippen LogP contribution in [0.15, 0.2) is 89.8 Å². The minimum Gasteiger partial charge on any atom is -0.341 e. The number of benzene rings is 2. The Morgan fingerprint density at radius 2 is 1.90 bits per heavy atom. The summed E-state index contributed by atoms with van der Waals surface area (Å²) in [6.45, 7) is 0. The molecule has 2 aromatic heterocycles. The zero-order valence-corrected chi connectivity index (χ0v) is 16.8. The lowest BCUT2D eigenvalue weighted by atomic mass is 9.98. The number of amides is 1. The van der Waals surface area contributed by atoms with Crippen molar-refractivity contribution in [2.45, 2.75) is 6.04 Å². The summed E-state index contributed by atoms with van der Waals surface area (Å²) >= 11 is 3.27. The number of nitrogens with one attached hydrogen (secondary N) is 1. The molecule has 4 aromatic rings. The van der Waals surface area contributed by atoms with Gasteiger partial charge in [0.1, 0.15) is 5.82 Å². The SMILES string of the molecule is O=C(NC(c1ccccc1)c1ccc(Br)cc1F)c1ccc(-n2cccn2)nc1. The fourth-order valence-electron chi connectivity index (χ4n) is 3.00. The fraction of sp³-hybridized carbons (Fsp3) is 0.0455. The van der Waals surface area contributed by atoms with Gasteiger partial charge in [0.25, 0.3) is 5.91 Å². The highest BCUT2D eigenvalue weighted by Crippen LogP contribution is 2.27. The monoisotopic (exact) mass is 450 g/mol. The lowest BCUT2D eigenvalue weighted by Crippen LogP contribution is -2.30. The van der Waals surface area contributed by atoms with Gasteiger partial charge >= 0.3 is 0 Å². The van der Waals surface area contributed by atoms with Crippen molar-refractivity contribution in [3.05, 3.63) is 112 Å². The Balaban J connectivity index is 1.63. The first-order chi connectivity index (χ1) is 14.1. The first kappa shape index (κ1) is 19.0. The van der Waals surface area contributed by atoms with Gasteiger partial charge in [-0.2, -0.15) is 5.10 Å². The van der Waals surface area contributed by atoms with E-state index in [4.69, 9.17) is 0 Å². The minimum absolute atomic E-state index is 0.347. The van der Waals surface area contributed by atoms with Crippen LogP contribution in [-0.2, 0) is 0 Å². The van der Waals surface area contributed by atoms with Gasteiger partial charge in [-0.25, -0.2) is 14.1 Å². The van der Waals surface area contributed by atoms with E-state index in [1.165, 1.54) is 12.3 Å². The van der Waals surface area contributed by atoms with Gasteiger partial charge in [0, 0.05) is 28.6 Å². The van der Waals surface area contributed by atoms with Gasteiger partial charge in [0.15, 0.2) is 5.82 Å². The highest BCUT2D eigenvalue weighted by molar-refractivity contribution is 9.10. The molecule has 0 aliphatic rings. The lowest BCUT2D eigenvalue weighted by molar-refractivity contribution is 0.0942. The van der Waals surface area contributed by atoms with Gasteiger partial charge in [0.2, 0.25) is 0 Å². The maximum absolute atomic E-state index is 14.6. The second-order valence-electron chi connectivity index (χ2n) is 6.34. The highest BCUT2D eigenvalue weighted by atomic mass is 79.9. The van der Waals surface area contributed by atoms with Gasteiger partial charge in [-0.15, -0.1) is 0 Å². The van der Waals surface area contributed by atoms with Crippen LogP contribution < -0.4 is 5.32 Å². The van der Waals surface area contributed by atoms with Crippen molar-refractivity contribution in [2.24, 2.45) is 0 Å². The van der Waals surface area contributed by atoms with Gasteiger partial charge in [0.05, 0.1) is 11.6 Å². The Labute approximate surface area is 175 Å². The van der Waals surface area contributed by atoms with Gasteiger partial charge in [-0.1, -0.05) is 52.3 Å². The van der Waals surface area contributed by atoms with E-state index >= 15 is 0 Å². The summed E-state index contributed by atoms with van der Waals surface area (Å²) < 4.78 is 16.9.